The Hall–Kier alpha value is -1.47. The first-order valence-corrected chi connectivity index (χ1v) is 8.72. The molecule has 0 saturated heterocycles. The van der Waals surface area contributed by atoms with Crippen molar-refractivity contribution < 1.29 is 17.6 Å². The number of H-pyrrole nitrogens is 1. The average Bonchev–Trinajstić information content (AvgIpc) is 3.10. The smallest absolute Gasteiger partial charge is 0.351 e. The number of fused-ring (bicyclic) bond motifs is 1. The van der Waals surface area contributed by atoms with E-state index in [2.05, 4.69) is 16.2 Å². The van der Waals surface area contributed by atoms with Gasteiger partial charge in [-0.05, 0) is 36.6 Å². The van der Waals surface area contributed by atoms with Crippen LogP contribution < -0.4 is 0 Å². The minimum absolute atomic E-state index is 0.0487. The van der Waals surface area contributed by atoms with E-state index in [0.29, 0.717) is 24.0 Å². The summed E-state index contributed by atoms with van der Waals surface area (Å²) in [4.78, 5) is 2.40. The largest absolute Gasteiger partial charge is 0.431 e. The number of halogens is 4. The molecule has 1 N–H and O–H groups in total. The molecule has 1 aromatic heterocycles. The Morgan fingerprint density at radius 2 is 2.04 bits per heavy atom. The monoisotopic (exact) mass is 358 g/mol. The maximum Gasteiger partial charge on any atom is 0.431 e. The first kappa shape index (κ1) is 17.4. The van der Waals surface area contributed by atoms with Crippen molar-refractivity contribution in [2.45, 2.75) is 26.4 Å². The predicted octanol–water partition coefficient (Wildman–Crippen LogP) is 5.39. The third-order valence-electron chi connectivity index (χ3n) is 4.13. The van der Waals surface area contributed by atoms with Gasteiger partial charge in [0, 0.05) is 35.3 Å². The van der Waals surface area contributed by atoms with Crippen molar-refractivity contribution in [2.75, 3.05) is 18.8 Å². The molecule has 1 aromatic carbocycles. The maximum absolute atomic E-state index is 14.5. The molecule has 0 radical (unpaired) electrons. The Kier molecular flexibility index (Phi) is 4.66. The van der Waals surface area contributed by atoms with Crippen LogP contribution in [0.4, 0.5) is 17.6 Å². The molecule has 0 atom stereocenters. The molecule has 0 spiro atoms. The predicted molar refractivity (Wildman–Crippen MR) is 90.3 cm³/mol. The summed E-state index contributed by atoms with van der Waals surface area (Å²) < 4.78 is 56.0. The summed E-state index contributed by atoms with van der Waals surface area (Å²) in [5.74, 6) is 0.488. The fourth-order valence-electron chi connectivity index (χ4n) is 3.05. The molecule has 0 fully saturated rings. The molecular weight excluding hydrogens is 340 g/mol. The van der Waals surface area contributed by atoms with Crippen LogP contribution in [0.1, 0.15) is 30.2 Å². The maximum atomic E-state index is 14.5. The second kappa shape index (κ2) is 6.44. The Labute approximate surface area is 142 Å². The summed E-state index contributed by atoms with van der Waals surface area (Å²) in [6.07, 6.45) is -1.55. The Bertz CT molecular complexity index is 792. The SMILES string of the molecule is CCCSN1CC=C(c2c(F)ccc3[nH]c(C(F)(F)F)c(C)c23)C1. The quantitative estimate of drug-likeness (QED) is 0.584. The fourth-order valence-corrected chi connectivity index (χ4v) is 3.90. The van der Waals surface area contributed by atoms with Crippen LogP contribution in [0.15, 0.2) is 18.2 Å². The zero-order chi connectivity index (χ0) is 17.5. The molecule has 7 heteroatoms. The van der Waals surface area contributed by atoms with E-state index in [4.69, 9.17) is 0 Å². The standard InChI is InChI=1S/C17H18F4N2S/c1-3-8-24-23-7-6-11(9-23)15-12(18)4-5-13-14(15)10(2)16(22-13)17(19,20)21/h4-6,22H,3,7-9H2,1-2H3. The summed E-state index contributed by atoms with van der Waals surface area (Å²) in [6.45, 7) is 4.68. The van der Waals surface area contributed by atoms with E-state index in [1.165, 1.54) is 19.1 Å². The number of aromatic nitrogens is 1. The van der Waals surface area contributed by atoms with Gasteiger partial charge < -0.3 is 4.98 Å². The topological polar surface area (TPSA) is 19.0 Å². The molecular formula is C17H18F4N2S. The fraction of sp³-hybridized carbons (Fsp3) is 0.412. The Morgan fingerprint density at radius 1 is 1.29 bits per heavy atom. The van der Waals surface area contributed by atoms with Crippen molar-refractivity contribution >= 4 is 28.4 Å². The number of hydrogen-bond donors (Lipinski definition) is 1. The lowest BCUT2D eigenvalue weighted by atomic mass is 9.98. The van der Waals surface area contributed by atoms with E-state index in [9.17, 15) is 17.6 Å². The van der Waals surface area contributed by atoms with E-state index >= 15 is 0 Å². The van der Waals surface area contributed by atoms with Gasteiger partial charge in [-0.25, -0.2) is 8.70 Å². The lowest BCUT2D eigenvalue weighted by Gasteiger charge is -2.15. The highest BCUT2D eigenvalue weighted by atomic mass is 32.2. The van der Waals surface area contributed by atoms with E-state index in [1.54, 1.807) is 11.9 Å². The zero-order valence-corrected chi connectivity index (χ0v) is 14.2. The number of nitrogens with one attached hydrogen (secondary N) is 1. The minimum Gasteiger partial charge on any atom is -0.351 e. The molecule has 0 aliphatic carbocycles. The summed E-state index contributed by atoms with van der Waals surface area (Å²) in [5.41, 5.74) is 0.596. The molecule has 2 heterocycles. The van der Waals surface area contributed by atoms with E-state index in [1.807, 2.05) is 6.08 Å². The van der Waals surface area contributed by atoms with Gasteiger partial charge in [0.15, 0.2) is 0 Å². The number of aryl methyl sites for hydroxylation is 1. The molecule has 1 aliphatic heterocycles. The van der Waals surface area contributed by atoms with Crippen LogP contribution in [0, 0.1) is 12.7 Å². The molecule has 3 rings (SSSR count). The summed E-state index contributed by atoms with van der Waals surface area (Å²) >= 11 is 1.68. The Morgan fingerprint density at radius 3 is 2.71 bits per heavy atom. The Balaban J connectivity index is 2.05. The van der Waals surface area contributed by atoms with Gasteiger partial charge in [0.25, 0.3) is 0 Å². The summed E-state index contributed by atoms with van der Waals surface area (Å²) in [6, 6.07) is 2.60. The number of hydrogen-bond acceptors (Lipinski definition) is 2. The van der Waals surface area contributed by atoms with Crippen LogP contribution in [0.3, 0.4) is 0 Å². The van der Waals surface area contributed by atoms with Gasteiger partial charge in [0.05, 0.1) is 0 Å². The number of rotatable bonds is 4. The van der Waals surface area contributed by atoms with E-state index < -0.39 is 17.7 Å². The van der Waals surface area contributed by atoms with Gasteiger partial charge in [-0.2, -0.15) is 13.2 Å². The van der Waals surface area contributed by atoms with E-state index in [-0.39, 0.29) is 11.1 Å². The van der Waals surface area contributed by atoms with E-state index in [0.717, 1.165) is 17.7 Å². The highest BCUT2D eigenvalue weighted by molar-refractivity contribution is 7.97. The van der Waals surface area contributed by atoms with Crippen molar-refractivity contribution in [3.8, 4) is 0 Å². The van der Waals surface area contributed by atoms with Gasteiger partial charge in [0.2, 0.25) is 0 Å². The van der Waals surface area contributed by atoms with Crippen LogP contribution in [-0.2, 0) is 6.18 Å². The third-order valence-corrected chi connectivity index (χ3v) is 5.37. The summed E-state index contributed by atoms with van der Waals surface area (Å²) in [5, 5.41) is 0.330. The molecule has 2 aromatic rings. The second-order valence-corrected chi connectivity index (χ2v) is 7.04. The number of benzene rings is 1. The lowest BCUT2D eigenvalue weighted by molar-refractivity contribution is -0.141. The van der Waals surface area contributed by atoms with Gasteiger partial charge >= 0.3 is 6.18 Å². The molecule has 130 valence electrons. The second-order valence-electron chi connectivity index (χ2n) is 5.85. The lowest BCUT2D eigenvalue weighted by Crippen LogP contribution is -2.12. The normalized spacial score (nSPS) is 16.2. The summed E-state index contributed by atoms with van der Waals surface area (Å²) in [7, 11) is 0. The third kappa shape index (κ3) is 3.07. The zero-order valence-electron chi connectivity index (χ0n) is 13.4. The average molecular weight is 358 g/mol. The van der Waals surface area contributed by atoms with Crippen molar-refractivity contribution in [1.29, 1.82) is 0 Å². The number of nitrogens with zero attached hydrogens (tertiary/aromatic N) is 1. The van der Waals surface area contributed by atoms with Crippen LogP contribution in [0.5, 0.6) is 0 Å². The first-order valence-electron chi connectivity index (χ1n) is 7.78. The molecule has 0 amide bonds. The first-order chi connectivity index (χ1) is 11.3. The van der Waals surface area contributed by atoms with Crippen LogP contribution in [0.2, 0.25) is 0 Å². The van der Waals surface area contributed by atoms with Crippen LogP contribution in [0.25, 0.3) is 16.5 Å². The molecule has 24 heavy (non-hydrogen) atoms. The van der Waals surface area contributed by atoms with Gasteiger partial charge in [0.1, 0.15) is 11.5 Å². The molecule has 0 unspecified atom stereocenters. The molecule has 0 saturated carbocycles. The molecule has 0 bridgehead atoms. The molecule has 1 aliphatic rings. The number of aromatic amines is 1. The van der Waals surface area contributed by atoms with Gasteiger partial charge in [-0.15, -0.1) is 0 Å². The van der Waals surface area contributed by atoms with Crippen LogP contribution in [-0.4, -0.2) is 28.1 Å². The van der Waals surface area contributed by atoms with Crippen molar-refractivity contribution in [2.24, 2.45) is 0 Å². The number of alkyl halides is 3. The van der Waals surface area contributed by atoms with Crippen molar-refractivity contribution in [1.82, 2.24) is 9.29 Å². The van der Waals surface area contributed by atoms with Gasteiger partial charge in [-0.1, -0.05) is 24.9 Å². The minimum atomic E-state index is -4.48. The van der Waals surface area contributed by atoms with Crippen molar-refractivity contribution in [3.63, 3.8) is 0 Å². The molecule has 2 nitrogen and oxygen atoms in total. The van der Waals surface area contributed by atoms with Crippen LogP contribution >= 0.6 is 11.9 Å². The highest BCUT2D eigenvalue weighted by Gasteiger charge is 2.36. The highest BCUT2D eigenvalue weighted by Crippen LogP contribution is 2.40. The van der Waals surface area contributed by atoms with Crippen molar-refractivity contribution in [3.05, 3.63) is 40.8 Å². The van der Waals surface area contributed by atoms with Gasteiger partial charge in [-0.3, -0.25) is 0 Å².